The molecule has 0 amide bonds. The highest BCUT2D eigenvalue weighted by atomic mass is 32.2. The predicted octanol–water partition coefficient (Wildman–Crippen LogP) is 1.67. The Morgan fingerprint density at radius 3 is 2.62 bits per heavy atom. The Morgan fingerprint density at radius 2 is 2.05 bits per heavy atom. The van der Waals surface area contributed by atoms with Gasteiger partial charge in [0.2, 0.25) is 10.0 Å². The van der Waals surface area contributed by atoms with Crippen LogP contribution in [0.3, 0.4) is 0 Å². The van der Waals surface area contributed by atoms with Gasteiger partial charge in [-0.1, -0.05) is 12.1 Å². The number of benzene rings is 1. The van der Waals surface area contributed by atoms with E-state index in [0.717, 1.165) is 16.7 Å². The molecular weight excluding hydrogens is 286 g/mol. The molecule has 5 nitrogen and oxygen atoms in total. The van der Waals surface area contributed by atoms with Gasteiger partial charge in [0.25, 0.3) is 0 Å². The van der Waals surface area contributed by atoms with Gasteiger partial charge in [-0.05, 0) is 41.8 Å². The molecule has 6 heteroatoms. The summed E-state index contributed by atoms with van der Waals surface area (Å²) in [6.45, 7) is 2.55. The third kappa shape index (κ3) is 3.47. The summed E-state index contributed by atoms with van der Waals surface area (Å²) < 4.78 is 26.4. The van der Waals surface area contributed by atoms with Gasteiger partial charge in [0.05, 0.1) is 4.90 Å². The fraction of sp³-hybridized carbons (Fsp3) is 0.267. The van der Waals surface area contributed by atoms with Crippen LogP contribution in [0.25, 0.3) is 0 Å². The van der Waals surface area contributed by atoms with E-state index in [1.54, 1.807) is 43.7 Å². The molecular formula is C15H19N3O2S. The molecule has 112 valence electrons. The topological polar surface area (TPSA) is 76.3 Å². The van der Waals surface area contributed by atoms with E-state index in [-0.39, 0.29) is 11.4 Å². The van der Waals surface area contributed by atoms with E-state index in [1.807, 2.05) is 13.0 Å². The minimum absolute atomic E-state index is 0.281. The van der Waals surface area contributed by atoms with Crippen LogP contribution >= 0.6 is 0 Å². The average molecular weight is 305 g/mol. The highest BCUT2D eigenvalue weighted by Gasteiger charge is 2.21. The van der Waals surface area contributed by atoms with Gasteiger partial charge < -0.3 is 5.73 Å². The number of nitrogens with two attached hydrogens (primary N) is 1. The van der Waals surface area contributed by atoms with Crippen molar-refractivity contribution in [2.75, 3.05) is 7.05 Å². The maximum Gasteiger partial charge on any atom is 0.243 e. The lowest BCUT2D eigenvalue weighted by atomic mass is 10.1. The number of nitrogens with zero attached hydrogens (tertiary/aromatic N) is 2. The van der Waals surface area contributed by atoms with Crippen molar-refractivity contribution in [2.24, 2.45) is 5.73 Å². The second kappa shape index (κ2) is 6.34. The quantitative estimate of drug-likeness (QED) is 0.911. The molecule has 2 aromatic rings. The molecule has 0 radical (unpaired) electrons. The predicted molar refractivity (Wildman–Crippen MR) is 82.0 cm³/mol. The fourth-order valence-corrected chi connectivity index (χ4v) is 3.32. The van der Waals surface area contributed by atoms with Crippen LogP contribution in [0.2, 0.25) is 0 Å². The molecule has 0 saturated heterocycles. The van der Waals surface area contributed by atoms with Gasteiger partial charge in [0.1, 0.15) is 0 Å². The van der Waals surface area contributed by atoms with Gasteiger partial charge in [0.15, 0.2) is 0 Å². The Kier molecular flexibility index (Phi) is 4.72. The molecule has 0 saturated carbocycles. The van der Waals surface area contributed by atoms with E-state index in [2.05, 4.69) is 4.98 Å². The van der Waals surface area contributed by atoms with Crippen molar-refractivity contribution in [2.45, 2.75) is 24.9 Å². The van der Waals surface area contributed by atoms with E-state index >= 15 is 0 Å². The van der Waals surface area contributed by atoms with Gasteiger partial charge in [-0.25, -0.2) is 8.42 Å². The smallest absolute Gasteiger partial charge is 0.243 e. The zero-order valence-corrected chi connectivity index (χ0v) is 13.0. The lowest BCUT2D eigenvalue weighted by Crippen LogP contribution is -2.26. The first-order chi connectivity index (χ1) is 9.95. The van der Waals surface area contributed by atoms with Crippen molar-refractivity contribution in [3.8, 4) is 0 Å². The number of aryl methyl sites for hydroxylation is 1. The van der Waals surface area contributed by atoms with Crippen molar-refractivity contribution in [3.05, 3.63) is 59.4 Å². The molecule has 0 bridgehead atoms. The van der Waals surface area contributed by atoms with Gasteiger partial charge >= 0.3 is 0 Å². The summed E-state index contributed by atoms with van der Waals surface area (Å²) in [5.41, 5.74) is 8.28. The van der Waals surface area contributed by atoms with Crippen LogP contribution in [0, 0.1) is 6.92 Å². The second-order valence-corrected chi connectivity index (χ2v) is 6.96. The molecule has 0 aliphatic heterocycles. The summed E-state index contributed by atoms with van der Waals surface area (Å²) in [4.78, 5) is 4.28. The molecule has 21 heavy (non-hydrogen) atoms. The SMILES string of the molecule is Cc1cc(S(=O)(=O)N(C)Cc2cccnc2)ccc1CN. The molecule has 0 fully saturated rings. The third-order valence-corrected chi connectivity index (χ3v) is 5.17. The molecule has 1 heterocycles. The van der Waals surface area contributed by atoms with E-state index in [0.29, 0.717) is 6.54 Å². The first-order valence-corrected chi connectivity index (χ1v) is 8.04. The third-order valence-electron chi connectivity index (χ3n) is 3.37. The second-order valence-electron chi connectivity index (χ2n) is 4.91. The zero-order valence-electron chi connectivity index (χ0n) is 12.2. The van der Waals surface area contributed by atoms with Crippen molar-refractivity contribution >= 4 is 10.0 Å². The van der Waals surface area contributed by atoms with E-state index < -0.39 is 10.0 Å². The van der Waals surface area contributed by atoms with Crippen molar-refractivity contribution in [3.63, 3.8) is 0 Å². The molecule has 0 unspecified atom stereocenters. The van der Waals surface area contributed by atoms with Crippen molar-refractivity contribution in [1.82, 2.24) is 9.29 Å². The summed E-state index contributed by atoms with van der Waals surface area (Å²) in [6, 6.07) is 8.67. The maximum absolute atomic E-state index is 12.6. The molecule has 1 aromatic heterocycles. The summed E-state index contributed by atoms with van der Waals surface area (Å²) in [5, 5.41) is 0. The number of aromatic nitrogens is 1. The van der Waals surface area contributed by atoms with Crippen LogP contribution in [0.4, 0.5) is 0 Å². The molecule has 0 spiro atoms. The summed E-state index contributed by atoms with van der Waals surface area (Å²) in [6.07, 6.45) is 3.32. The first kappa shape index (κ1) is 15.6. The Bertz CT molecular complexity index is 715. The maximum atomic E-state index is 12.6. The molecule has 0 atom stereocenters. The van der Waals surface area contributed by atoms with Gasteiger partial charge in [-0.2, -0.15) is 4.31 Å². The summed E-state index contributed by atoms with van der Waals surface area (Å²) in [7, 11) is -1.96. The van der Waals surface area contributed by atoms with Crippen LogP contribution in [0.15, 0.2) is 47.6 Å². The molecule has 0 aliphatic carbocycles. The summed E-state index contributed by atoms with van der Waals surface area (Å²) >= 11 is 0. The van der Waals surface area contributed by atoms with E-state index in [4.69, 9.17) is 5.73 Å². The van der Waals surface area contributed by atoms with E-state index in [9.17, 15) is 8.42 Å². The lowest BCUT2D eigenvalue weighted by Gasteiger charge is -2.18. The highest BCUT2D eigenvalue weighted by Crippen LogP contribution is 2.19. The zero-order chi connectivity index (χ0) is 15.5. The van der Waals surface area contributed by atoms with Crippen molar-refractivity contribution < 1.29 is 8.42 Å². The number of hydrogen-bond donors (Lipinski definition) is 1. The monoisotopic (exact) mass is 305 g/mol. The Labute approximate surface area is 125 Å². The fourth-order valence-electron chi connectivity index (χ4n) is 2.07. The minimum atomic E-state index is -3.52. The molecule has 1 aromatic carbocycles. The number of pyridine rings is 1. The van der Waals surface area contributed by atoms with Gasteiger partial charge in [-0.3, -0.25) is 4.98 Å². The normalized spacial score (nSPS) is 11.8. The standard InChI is InChI=1S/C15H19N3O2S/c1-12-8-15(6-5-14(12)9-16)21(19,20)18(2)11-13-4-3-7-17-10-13/h3-8,10H,9,11,16H2,1-2H3. The van der Waals surface area contributed by atoms with Crippen molar-refractivity contribution in [1.29, 1.82) is 0 Å². The van der Waals surface area contributed by atoms with E-state index in [1.165, 1.54) is 4.31 Å². The molecule has 2 N–H and O–H groups in total. The van der Waals surface area contributed by atoms with Crippen LogP contribution in [0.1, 0.15) is 16.7 Å². The van der Waals surface area contributed by atoms with Gasteiger partial charge in [-0.15, -0.1) is 0 Å². The Morgan fingerprint density at radius 1 is 1.29 bits per heavy atom. The summed E-state index contributed by atoms with van der Waals surface area (Å²) in [5.74, 6) is 0. The largest absolute Gasteiger partial charge is 0.326 e. The lowest BCUT2D eigenvalue weighted by molar-refractivity contribution is 0.466. The molecule has 0 aliphatic rings. The Hall–Kier alpha value is -1.76. The number of rotatable bonds is 5. The van der Waals surface area contributed by atoms with Crippen LogP contribution in [-0.4, -0.2) is 24.8 Å². The minimum Gasteiger partial charge on any atom is -0.326 e. The highest BCUT2D eigenvalue weighted by molar-refractivity contribution is 7.89. The van der Waals surface area contributed by atoms with Crippen LogP contribution < -0.4 is 5.73 Å². The first-order valence-electron chi connectivity index (χ1n) is 6.60. The Balaban J connectivity index is 2.27. The number of hydrogen-bond acceptors (Lipinski definition) is 4. The average Bonchev–Trinajstić information content (AvgIpc) is 2.48. The van der Waals surface area contributed by atoms with Crippen LogP contribution in [0.5, 0.6) is 0 Å². The molecule has 2 rings (SSSR count). The van der Waals surface area contributed by atoms with Crippen LogP contribution in [-0.2, 0) is 23.1 Å². The number of sulfonamides is 1. The van der Waals surface area contributed by atoms with Gasteiger partial charge in [0, 0.05) is 32.5 Å².